The molecule has 1 saturated heterocycles. The lowest BCUT2D eigenvalue weighted by molar-refractivity contribution is -0.133. The van der Waals surface area contributed by atoms with Gasteiger partial charge in [0.2, 0.25) is 0 Å². The van der Waals surface area contributed by atoms with Crippen LogP contribution >= 0.6 is 0 Å². The van der Waals surface area contributed by atoms with Crippen LogP contribution in [0.5, 0.6) is 0 Å². The molecule has 1 aliphatic heterocycles. The molecule has 1 rings (SSSR count). The van der Waals surface area contributed by atoms with Gasteiger partial charge in [-0.15, -0.1) is 0 Å². The Hall–Kier alpha value is -0.460. The molecule has 0 radical (unpaired) electrons. The molecule has 0 amide bonds. The zero-order valence-electron chi connectivity index (χ0n) is 12.1. The number of carbonyl (C=O) groups is 1. The van der Waals surface area contributed by atoms with Crippen molar-refractivity contribution in [2.45, 2.75) is 38.6 Å². The Labute approximate surface area is 116 Å². The van der Waals surface area contributed by atoms with E-state index in [2.05, 4.69) is 4.90 Å². The lowest BCUT2D eigenvalue weighted by atomic mass is 9.88. The van der Waals surface area contributed by atoms with Crippen molar-refractivity contribution in [2.24, 2.45) is 0 Å². The monoisotopic (exact) mass is 291 g/mol. The van der Waals surface area contributed by atoms with Crippen molar-refractivity contribution in [3.63, 3.8) is 0 Å². The fourth-order valence-electron chi connectivity index (χ4n) is 2.42. The summed E-state index contributed by atoms with van der Waals surface area (Å²) >= 11 is 0. The minimum atomic E-state index is -2.98. The number of carbonyl (C=O) groups excluding carboxylic acids is 1. The molecule has 112 valence electrons. The van der Waals surface area contributed by atoms with Crippen molar-refractivity contribution < 1.29 is 17.9 Å². The van der Waals surface area contributed by atoms with Gasteiger partial charge >= 0.3 is 0 Å². The number of Topliss-reactive ketones (excluding diaryl/α,β-unsaturated/α-hetero) is 1. The Kier molecular flexibility index (Phi) is 5.95. The van der Waals surface area contributed by atoms with E-state index < -0.39 is 15.4 Å². The second-order valence-corrected chi connectivity index (χ2v) is 7.64. The van der Waals surface area contributed by atoms with Crippen molar-refractivity contribution in [3.05, 3.63) is 0 Å². The highest BCUT2D eigenvalue weighted by atomic mass is 32.2. The van der Waals surface area contributed by atoms with Gasteiger partial charge in [0.15, 0.2) is 5.78 Å². The van der Waals surface area contributed by atoms with Gasteiger partial charge in [-0.25, -0.2) is 8.42 Å². The molecular formula is C13H25NO4S. The highest BCUT2D eigenvalue weighted by molar-refractivity contribution is 7.90. The van der Waals surface area contributed by atoms with E-state index in [9.17, 15) is 13.2 Å². The van der Waals surface area contributed by atoms with Crippen molar-refractivity contribution in [3.8, 4) is 0 Å². The summed E-state index contributed by atoms with van der Waals surface area (Å²) in [6, 6.07) is 0. The maximum Gasteiger partial charge on any atom is 0.152 e. The summed E-state index contributed by atoms with van der Waals surface area (Å²) in [5, 5.41) is 0. The van der Waals surface area contributed by atoms with Gasteiger partial charge in [-0.05, 0) is 19.8 Å². The zero-order chi connectivity index (χ0) is 14.5. The van der Waals surface area contributed by atoms with E-state index in [0.717, 1.165) is 19.5 Å². The first kappa shape index (κ1) is 16.6. The third kappa shape index (κ3) is 4.85. The standard InChI is InChI=1S/C13H25NO4S/c1-4-13(2,14-7-9-18-10-8-14)12(15)6-5-11-19(3,16)17/h4-11H2,1-3H3. The van der Waals surface area contributed by atoms with Crippen LogP contribution in [-0.2, 0) is 19.4 Å². The molecule has 0 aromatic carbocycles. The number of morpholine rings is 1. The van der Waals surface area contributed by atoms with Gasteiger partial charge in [0.1, 0.15) is 9.84 Å². The Balaban J connectivity index is 2.59. The molecule has 0 aromatic rings. The summed E-state index contributed by atoms with van der Waals surface area (Å²) in [5.74, 6) is 0.224. The van der Waals surface area contributed by atoms with Crippen LogP contribution in [0.1, 0.15) is 33.1 Å². The molecule has 1 unspecified atom stereocenters. The SMILES string of the molecule is CCC(C)(C(=O)CCCS(C)(=O)=O)N1CCOCC1. The molecule has 5 nitrogen and oxygen atoms in total. The van der Waals surface area contributed by atoms with Crippen LogP contribution in [0.4, 0.5) is 0 Å². The number of ketones is 1. The second kappa shape index (κ2) is 6.81. The highest BCUT2D eigenvalue weighted by Gasteiger charge is 2.37. The fourth-order valence-corrected chi connectivity index (χ4v) is 3.09. The van der Waals surface area contributed by atoms with Crippen molar-refractivity contribution in [1.29, 1.82) is 0 Å². The zero-order valence-corrected chi connectivity index (χ0v) is 13.0. The molecule has 0 aromatic heterocycles. The Bertz CT molecular complexity index is 401. The largest absolute Gasteiger partial charge is 0.379 e. The molecule has 1 aliphatic rings. The molecule has 0 aliphatic carbocycles. The third-order valence-corrected chi connectivity index (χ3v) is 4.95. The average Bonchev–Trinajstić information content (AvgIpc) is 2.37. The summed E-state index contributed by atoms with van der Waals surface area (Å²) in [6.45, 7) is 6.81. The first-order valence-corrected chi connectivity index (χ1v) is 8.89. The Morgan fingerprint density at radius 2 is 1.89 bits per heavy atom. The molecule has 0 bridgehead atoms. The Morgan fingerprint density at radius 3 is 2.37 bits per heavy atom. The summed E-state index contributed by atoms with van der Waals surface area (Å²) in [6.07, 6.45) is 2.69. The molecular weight excluding hydrogens is 266 g/mol. The van der Waals surface area contributed by atoms with Gasteiger partial charge in [-0.1, -0.05) is 6.92 Å². The summed E-state index contributed by atoms with van der Waals surface area (Å²) in [4.78, 5) is 14.6. The molecule has 1 fully saturated rings. The van der Waals surface area contributed by atoms with E-state index in [0.29, 0.717) is 26.1 Å². The Morgan fingerprint density at radius 1 is 1.32 bits per heavy atom. The predicted molar refractivity (Wildman–Crippen MR) is 75.0 cm³/mol. The number of rotatable bonds is 7. The molecule has 0 N–H and O–H groups in total. The minimum absolute atomic E-state index is 0.0850. The van der Waals surface area contributed by atoms with Crippen LogP contribution in [0.25, 0.3) is 0 Å². The number of hydrogen-bond acceptors (Lipinski definition) is 5. The van der Waals surface area contributed by atoms with Crippen LogP contribution < -0.4 is 0 Å². The van der Waals surface area contributed by atoms with E-state index in [-0.39, 0.29) is 11.5 Å². The molecule has 1 atom stereocenters. The average molecular weight is 291 g/mol. The second-order valence-electron chi connectivity index (χ2n) is 5.38. The molecule has 6 heteroatoms. The van der Waals surface area contributed by atoms with Gasteiger partial charge in [-0.2, -0.15) is 0 Å². The molecule has 0 spiro atoms. The summed E-state index contributed by atoms with van der Waals surface area (Å²) in [5.41, 5.74) is -0.485. The molecule has 0 saturated carbocycles. The van der Waals surface area contributed by atoms with Crippen molar-refractivity contribution in [2.75, 3.05) is 38.3 Å². The lowest BCUT2D eigenvalue weighted by Gasteiger charge is -2.41. The van der Waals surface area contributed by atoms with E-state index in [4.69, 9.17) is 4.74 Å². The van der Waals surface area contributed by atoms with Gasteiger partial charge < -0.3 is 4.74 Å². The smallest absolute Gasteiger partial charge is 0.152 e. The number of sulfone groups is 1. The van der Waals surface area contributed by atoms with Crippen LogP contribution in [0, 0.1) is 0 Å². The summed E-state index contributed by atoms with van der Waals surface area (Å²) < 4.78 is 27.5. The van der Waals surface area contributed by atoms with E-state index >= 15 is 0 Å². The topological polar surface area (TPSA) is 63.7 Å². The maximum absolute atomic E-state index is 12.4. The van der Waals surface area contributed by atoms with Gasteiger partial charge in [0.25, 0.3) is 0 Å². The van der Waals surface area contributed by atoms with Crippen LogP contribution in [0.15, 0.2) is 0 Å². The van der Waals surface area contributed by atoms with Gasteiger partial charge in [-0.3, -0.25) is 9.69 Å². The quantitative estimate of drug-likeness (QED) is 0.697. The number of hydrogen-bond donors (Lipinski definition) is 0. The third-order valence-electron chi connectivity index (χ3n) is 3.92. The highest BCUT2D eigenvalue weighted by Crippen LogP contribution is 2.24. The molecule has 19 heavy (non-hydrogen) atoms. The number of ether oxygens (including phenoxy) is 1. The first-order valence-electron chi connectivity index (χ1n) is 6.83. The minimum Gasteiger partial charge on any atom is -0.379 e. The van der Waals surface area contributed by atoms with Crippen LogP contribution in [0.3, 0.4) is 0 Å². The van der Waals surface area contributed by atoms with E-state index in [1.165, 1.54) is 6.26 Å². The normalized spacial score (nSPS) is 21.0. The van der Waals surface area contributed by atoms with Gasteiger partial charge in [0.05, 0.1) is 24.5 Å². The van der Waals surface area contributed by atoms with Crippen LogP contribution in [0.2, 0.25) is 0 Å². The van der Waals surface area contributed by atoms with Gasteiger partial charge in [0, 0.05) is 25.8 Å². The lowest BCUT2D eigenvalue weighted by Crippen LogP contribution is -2.56. The predicted octanol–water partition coefficient (Wildman–Crippen LogP) is 0.881. The maximum atomic E-state index is 12.4. The fraction of sp³-hybridized carbons (Fsp3) is 0.923. The summed E-state index contributed by atoms with van der Waals surface area (Å²) in [7, 11) is -2.98. The molecule has 1 heterocycles. The first-order chi connectivity index (χ1) is 8.79. The van der Waals surface area contributed by atoms with Crippen LogP contribution in [-0.4, -0.2) is 63.0 Å². The number of nitrogens with zero attached hydrogens (tertiary/aromatic N) is 1. The van der Waals surface area contributed by atoms with E-state index in [1.54, 1.807) is 0 Å². The van der Waals surface area contributed by atoms with E-state index in [1.807, 2.05) is 13.8 Å². The van der Waals surface area contributed by atoms with Crippen molar-refractivity contribution in [1.82, 2.24) is 4.90 Å². The van der Waals surface area contributed by atoms with Crippen molar-refractivity contribution >= 4 is 15.6 Å².